The molecule has 0 amide bonds. The number of halogens is 2. The molecule has 76 valence electrons. The van der Waals surface area contributed by atoms with E-state index in [4.69, 9.17) is 0 Å². The van der Waals surface area contributed by atoms with Gasteiger partial charge in [0.25, 0.3) is 0 Å². The Morgan fingerprint density at radius 3 is 2.93 bits per heavy atom. The van der Waals surface area contributed by atoms with Crippen LogP contribution in [0.3, 0.4) is 0 Å². The summed E-state index contributed by atoms with van der Waals surface area (Å²) in [6.07, 6.45) is 0. The molecule has 0 spiro atoms. The lowest BCUT2D eigenvalue weighted by Crippen LogP contribution is -2.12. The Morgan fingerprint density at radius 2 is 2.21 bits per heavy atom. The molecule has 1 aliphatic heterocycles. The zero-order valence-electron chi connectivity index (χ0n) is 7.84. The van der Waals surface area contributed by atoms with Crippen molar-refractivity contribution in [3.63, 3.8) is 0 Å². The maximum absolute atomic E-state index is 12.9. The number of benzene rings is 1. The lowest BCUT2D eigenvalue weighted by Gasteiger charge is -2.15. The molecule has 1 fully saturated rings. The van der Waals surface area contributed by atoms with Gasteiger partial charge in [-0.15, -0.1) is 0 Å². The molecule has 0 radical (unpaired) electrons. The van der Waals surface area contributed by atoms with Gasteiger partial charge in [-0.1, -0.05) is 12.1 Å². The molecule has 1 heterocycles. The van der Waals surface area contributed by atoms with Crippen LogP contribution in [0.4, 0.5) is 8.78 Å². The lowest BCUT2D eigenvalue weighted by molar-refractivity contribution is 0.358. The second-order valence-electron chi connectivity index (χ2n) is 3.73. The van der Waals surface area contributed by atoms with Crippen LogP contribution in [0.2, 0.25) is 0 Å². The van der Waals surface area contributed by atoms with Crippen LogP contribution in [0.5, 0.6) is 0 Å². The molecule has 14 heavy (non-hydrogen) atoms. The Morgan fingerprint density at radius 1 is 1.36 bits per heavy atom. The predicted molar refractivity (Wildman–Crippen MR) is 51.5 cm³/mol. The summed E-state index contributed by atoms with van der Waals surface area (Å²) in [5, 5.41) is 3.13. The fraction of sp³-hybridized carbons (Fsp3) is 0.455. The van der Waals surface area contributed by atoms with E-state index in [0.717, 1.165) is 12.1 Å². The lowest BCUT2D eigenvalue weighted by atomic mass is 9.90. The zero-order valence-corrected chi connectivity index (χ0v) is 7.84. The average Bonchev–Trinajstić information content (AvgIpc) is 2.65. The fourth-order valence-corrected chi connectivity index (χ4v) is 2.02. The van der Waals surface area contributed by atoms with Crippen molar-refractivity contribution < 1.29 is 8.78 Å². The van der Waals surface area contributed by atoms with Crippen LogP contribution in [-0.4, -0.2) is 19.8 Å². The number of hydrogen-bond donors (Lipinski definition) is 1. The van der Waals surface area contributed by atoms with Gasteiger partial charge in [0, 0.05) is 24.9 Å². The van der Waals surface area contributed by atoms with Crippen LogP contribution >= 0.6 is 0 Å². The number of hydrogen-bond acceptors (Lipinski definition) is 1. The molecule has 1 aliphatic rings. The highest BCUT2D eigenvalue weighted by Gasteiger charge is 2.28. The van der Waals surface area contributed by atoms with Crippen LogP contribution in [0.1, 0.15) is 11.5 Å². The van der Waals surface area contributed by atoms with Gasteiger partial charge in [-0.2, -0.15) is 0 Å². The summed E-state index contributed by atoms with van der Waals surface area (Å²) >= 11 is 0. The summed E-state index contributed by atoms with van der Waals surface area (Å²) in [7, 11) is 0. The van der Waals surface area contributed by atoms with Gasteiger partial charge < -0.3 is 5.32 Å². The van der Waals surface area contributed by atoms with Crippen molar-refractivity contribution in [2.24, 2.45) is 5.92 Å². The van der Waals surface area contributed by atoms with E-state index in [2.05, 4.69) is 5.32 Å². The molecular formula is C11H13F2N. The smallest absolute Gasteiger partial charge is 0.123 e. The van der Waals surface area contributed by atoms with E-state index < -0.39 is 0 Å². The molecule has 0 aromatic heterocycles. The molecule has 0 unspecified atom stereocenters. The van der Waals surface area contributed by atoms with E-state index in [1.54, 1.807) is 6.07 Å². The minimum absolute atomic E-state index is 0.00296. The van der Waals surface area contributed by atoms with E-state index >= 15 is 0 Å². The maximum atomic E-state index is 12.9. The Hall–Kier alpha value is -0.960. The molecule has 1 aromatic rings. The predicted octanol–water partition coefficient (Wildman–Crippen LogP) is 2.10. The van der Waals surface area contributed by atoms with Gasteiger partial charge in [0.2, 0.25) is 0 Å². The zero-order chi connectivity index (χ0) is 9.97. The van der Waals surface area contributed by atoms with Gasteiger partial charge in [-0.05, 0) is 17.7 Å². The minimum Gasteiger partial charge on any atom is -0.316 e. The summed E-state index contributed by atoms with van der Waals surface area (Å²) in [5.41, 5.74) is 0.901. The fourth-order valence-electron chi connectivity index (χ4n) is 2.02. The molecule has 1 saturated heterocycles. The highest BCUT2D eigenvalue weighted by atomic mass is 19.1. The van der Waals surface area contributed by atoms with Crippen molar-refractivity contribution in [3.05, 3.63) is 35.6 Å². The van der Waals surface area contributed by atoms with Crippen molar-refractivity contribution in [1.29, 1.82) is 0 Å². The van der Waals surface area contributed by atoms with Crippen LogP contribution in [0.25, 0.3) is 0 Å². The second-order valence-corrected chi connectivity index (χ2v) is 3.73. The Balaban J connectivity index is 2.21. The molecule has 0 bridgehead atoms. The minimum atomic E-state index is -0.339. The van der Waals surface area contributed by atoms with Crippen molar-refractivity contribution in [2.45, 2.75) is 5.92 Å². The van der Waals surface area contributed by atoms with Crippen LogP contribution in [0.15, 0.2) is 24.3 Å². The van der Waals surface area contributed by atoms with E-state index in [9.17, 15) is 8.78 Å². The first-order valence-electron chi connectivity index (χ1n) is 4.83. The molecule has 3 heteroatoms. The molecule has 2 atom stereocenters. The third kappa shape index (κ3) is 1.77. The van der Waals surface area contributed by atoms with Crippen LogP contribution < -0.4 is 5.32 Å². The summed E-state index contributed by atoms with van der Waals surface area (Å²) in [5.74, 6) is -0.125. The first-order valence-corrected chi connectivity index (χ1v) is 4.83. The molecule has 0 saturated carbocycles. The first-order chi connectivity index (χ1) is 6.81. The number of nitrogens with one attached hydrogen (secondary N) is 1. The molecule has 1 N–H and O–H groups in total. The second kappa shape index (κ2) is 4.05. The maximum Gasteiger partial charge on any atom is 0.123 e. The standard InChI is InChI=1S/C11H13F2N/c12-5-9-6-14-7-11(9)8-2-1-3-10(13)4-8/h1-4,9,11,14H,5-7H2/t9-,11+/m1/s1. The van der Waals surface area contributed by atoms with Gasteiger partial charge >= 0.3 is 0 Å². The van der Waals surface area contributed by atoms with Crippen LogP contribution in [-0.2, 0) is 0 Å². The van der Waals surface area contributed by atoms with E-state index in [1.165, 1.54) is 12.1 Å². The van der Waals surface area contributed by atoms with Crippen molar-refractivity contribution >= 4 is 0 Å². The van der Waals surface area contributed by atoms with Gasteiger partial charge in [0.05, 0.1) is 6.67 Å². The van der Waals surface area contributed by atoms with Crippen molar-refractivity contribution in [3.8, 4) is 0 Å². The van der Waals surface area contributed by atoms with E-state index in [1.807, 2.05) is 6.07 Å². The largest absolute Gasteiger partial charge is 0.316 e. The summed E-state index contributed by atoms with van der Waals surface area (Å²) in [6.45, 7) is 1.10. The third-order valence-electron chi connectivity index (χ3n) is 2.81. The highest BCUT2D eigenvalue weighted by molar-refractivity contribution is 5.23. The monoisotopic (exact) mass is 197 g/mol. The van der Waals surface area contributed by atoms with Crippen molar-refractivity contribution in [2.75, 3.05) is 19.8 Å². The topological polar surface area (TPSA) is 12.0 Å². The van der Waals surface area contributed by atoms with Gasteiger partial charge in [0.15, 0.2) is 0 Å². The summed E-state index contributed by atoms with van der Waals surface area (Å²) in [4.78, 5) is 0. The summed E-state index contributed by atoms with van der Waals surface area (Å²) < 4.78 is 25.5. The molecule has 0 aliphatic carbocycles. The quantitative estimate of drug-likeness (QED) is 0.765. The SMILES string of the molecule is FC[C@@H]1CNC[C@H]1c1cccc(F)c1. The average molecular weight is 197 g/mol. The summed E-state index contributed by atoms with van der Waals surface area (Å²) in [6, 6.07) is 6.46. The molecular weight excluding hydrogens is 184 g/mol. The van der Waals surface area contributed by atoms with Gasteiger partial charge in [-0.25, -0.2) is 4.39 Å². The number of rotatable bonds is 2. The van der Waals surface area contributed by atoms with Gasteiger partial charge in [0.1, 0.15) is 5.82 Å². The van der Waals surface area contributed by atoms with E-state index in [-0.39, 0.29) is 24.3 Å². The normalized spacial score (nSPS) is 26.7. The molecule has 2 rings (SSSR count). The van der Waals surface area contributed by atoms with Gasteiger partial charge in [-0.3, -0.25) is 4.39 Å². The first kappa shape index (κ1) is 9.59. The Labute approximate surface area is 82.1 Å². The molecule has 1 nitrogen and oxygen atoms in total. The molecule has 1 aromatic carbocycles. The van der Waals surface area contributed by atoms with Crippen LogP contribution in [0, 0.1) is 11.7 Å². The Bertz CT molecular complexity index is 314. The number of alkyl halides is 1. The third-order valence-corrected chi connectivity index (χ3v) is 2.81. The Kier molecular flexibility index (Phi) is 2.77. The highest BCUT2D eigenvalue weighted by Crippen LogP contribution is 2.28. The van der Waals surface area contributed by atoms with Crippen molar-refractivity contribution in [1.82, 2.24) is 5.32 Å². The van der Waals surface area contributed by atoms with E-state index in [0.29, 0.717) is 6.54 Å².